The van der Waals surface area contributed by atoms with E-state index >= 15 is 0 Å². The van der Waals surface area contributed by atoms with Crippen molar-refractivity contribution in [2.24, 2.45) is 0 Å². The molecule has 4 amide bonds. The summed E-state index contributed by atoms with van der Waals surface area (Å²) in [5.41, 5.74) is 2.03. The van der Waals surface area contributed by atoms with E-state index in [1.54, 1.807) is 30.3 Å². The quantitative estimate of drug-likeness (QED) is 0.338. The summed E-state index contributed by atoms with van der Waals surface area (Å²) in [5.74, 6) is -0.458. The molecular weight excluding hydrogens is 466 g/mol. The third-order valence-electron chi connectivity index (χ3n) is 6.02. The van der Waals surface area contributed by atoms with E-state index in [9.17, 15) is 14.4 Å². The van der Waals surface area contributed by atoms with E-state index in [-0.39, 0.29) is 5.57 Å². The Morgan fingerprint density at radius 1 is 1.03 bits per heavy atom. The first-order chi connectivity index (χ1) is 16.9. The summed E-state index contributed by atoms with van der Waals surface area (Å²) in [6, 6.07) is 17.3. The Labute approximate surface area is 208 Å². The van der Waals surface area contributed by atoms with Crippen LogP contribution in [-0.4, -0.2) is 29.0 Å². The average molecular weight is 492 g/mol. The summed E-state index contributed by atoms with van der Waals surface area (Å²) in [6.07, 6.45) is 4.29. The monoisotopic (exact) mass is 491 g/mol. The zero-order valence-corrected chi connectivity index (χ0v) is 20.3. The maximum Gasteiger partial charge on any atom is 0.335 e. The van der Waals surface area contributed by atoms with Crippen LogP contribution in [0.5, 0.6) is 5.75 Å². The molecular formula is C27H26ClN3O4. The number of hydrogen-bond acceptors (Lipinski definition) is 4. The van der Waals surface area contributed by atoms with Gasteiger partial charge in [0.25, 0.3) is 11.8 Å². The van der Waals surface area contributed by atoms with Gasteiger partial charge < -0.3 is 9.30 Å². The Morgan fingerprint density at radius 2 is 1.77 bits per heavy atom. The topological polar surface area (TPSA) is 80.6 Å². The zero-order chi connectivity index (χ0) is 24.9. The molecule has 4 rings (SSSR count). The molecule has 1 saturated heterocycles. The van der Waals surface area contributed by atoms with E-state index in [4.69, 9.17) is 16.3 Å². The average Bonchev–Trinajstić information content (AvgIpc) is 3.29. The Kier molecular flexibility index (Phi) is 7.36. The van der Waals surface area contributed by atoms with E-state index in [0.717, 1.165) is 16.9 Å². The number of halogens is 1. The van der Waals surface area contributed by atoms with Crippen molar-refractivity contribution in [1.82, 2.24) is 9.88 Å². The third-order valence-corrected chi connectivity index (χ3v) is 6.33. The first-order valence-corrected chi connectivity index (χ1v) is 11.8. The number of carbonyl (C=O) groups is 3. The number of ether oxygens (including phenoxy) is 1. The lowest BCUT2D eigenvalue weighted by Gasteiger charge is -2.26. The highest BCUT2D eigenvalue weighted by atomic mass is 35.5. The van der Waals surface area contributed by atoms with E-state index in [1.807, 2.05) is 41.1 Å². The van der Waals surface area contributed by atoms with E-state index < -0.39 is 17.8 Å². The number of carbonyl (C=O) groups excluding carboxylic acids is 3. The predicted octanol–water partition coefficient (Wildman–Crippen LogP) is 5.40. The number of nitrogens with one attached hydrogen (secondary N) is 1. The van der Waals surface area contributed by atoms with Gasteiger partial charge in [-0.3, -0.25) is 14.9 Å². The Bertz CT molecular complexity index is 1280. The SMILES string of the molecule is CC[C@@H](C)c1ccc(N2C(=O)NC(=O)/C(=C/c3cccn3CCOc3ccccc3Cl)C2=O)cc1. The predicted molar refractivity (Wildman–Crippen MR) is 136 cm³/mol. The Morgan fingerprint density at radius 3 is 2.49 bits per heavy atom. The van der Waals surface area contributed by atoms with Crippen LogP contribution in [0.15, 0.2) is 72.4 Å². The van der Waals surface area contributed by atoms with Crippen molar-refractivity contribution in [3.05, 3.63) is 88.7 Å². The number of nitrogens with zero attached hydrogens (tertiary/aromatic N) is 2. The zero-order valence-electron chi connectivity index (χ0n) is 19.5. The molecule has 0 spiro atoms. The van der Waals surface area contributed by atoms with Crippen LogP contribution in [-0.2, 0) is 16.1 Å². The molecule has 1 N–H and O–H groups in total. The van der Waals surface area contributed by atoms with Crippen LogP contribution >= 0.6 is 11.6 Å². The smallest absolute Gasteiger partial charge is 0.335 e. The van der Waals surface area contributed by atoms with E-state index in [1.165, 1.54) is 6.08 Å². The second-order valence-electron chi connectivity index (χ2n) is 8.26. The van der Waals surface area contributed by atoms with E-state index in [2.05, 4.69) is 19.2 Å². The molecule has 35 heavy (non-hydrogen) atoms. The molecule has 0 radical (unpaired) electrons. The van der Waals surface area contributed by atoms with Gasteiger partial charge in [0, 0.05) is 11.9 Å². The number of rotatable bonds is 8. The van der Waals surface area contributed by atoms with Crippen LogP contribution in [0.25, 0.3) is 6.08 Å². The fraction of sp³-hybridized carbons (Fsp3) is 0.222. The van der Waals surface area contributed by atoms with Crippen molar-refractivity contribution in [2.45, 2.75) is 32.7 Å². The lowest BCUT2D eigenvalue weighted by molar-refractivity contribution is -0.122. The van der Waals surface area contributed by atoms with Gasteiger partial charge in [-0.1, -0.05) is 49.7 Å². The van der Waals surface area contributed by atoms with E-state index in [0.29, 0.717) is 41.2 Å². The third kappa shape index (κ3) is 5.30. The van der Waals surface area contributed by atoms with Crippen LogP contribution in [0.1, 0.15) is 37.4 Å². The summed E-state index contributed by atoms with van der Waals surface area (Å²) in [5, 5.41) is 2.79. The fourth-order valence-electron chi connectivity index (χ4n) is 3.81. The van der Waals surface area contributed by atoms with Gasteiger partial charge in [-0.25, -0.2) is 9.69 Å². The van der Waals surface area contributed by atoms with Crippen molar-refractivity contribution in [1.29, 1.82) is 0 Å². The molecule has 2 heterocycles. The lowest BCUT2D eigenvalue weighted by atomic mass is 9.98. The first-order valence-electron chi connectivity index (χ1n) is 11.4. The van der Waals surface area contributed by atoms with Crippen molar-refractivity contribution in [3.63, 3.8) is 0 Å². The summed E-state index contributed by atoms with van der Waals surface area (Å²) < 4.78 is 7.60. The van der Waals surface area contributed by atoms with Crippen molar-refractivity contribution in [3.8, 4) is 5.75 Å². The van der Waals surface area contributed by atoms with Crippen LogP contribution in [0.4, 0.5) is 10.5 Å². The van der Waals surface area contributed by atoms with Crippen LogP contribution in [0.3, 0.4) is 0 Å². The number of barbiturate groups is 1. The normalized spacial score (nSPS) is 15.9. The maximum atomic E-state index is 13.2. The number of aromatic nitrogens is 1. The molecule has 0 saturated carbocycles. The molecule has 0 aliphatic carbocycles. The molecule has 180 valence electrons. The number of urea groups is 1. The van der Waals surface area contributed by atoms with Gasteiger partial charge in [-0.15, -0.1) is 0 Å². The van der Waals surface area contributed by atoms with Crippen LogP contribution < -0.4 is 15.0 Å². The van der Waals surface area contributed by atoms with Gasteiger partial charge >= 0.3 is 6.03 Å². The first kappa shape index (κ1) is 24.3. The second kappa shape index (κ2) is 10.6. The van der Waals surface area contributed by atoms with Crippen molar-refractivity contribution < 1.29 is 19.1 Å². The molecule has 7 nitrogen and oxygen atoms in total. The molecule has 1 atom stereocenters. The number of para-hydroxylation sites is 1. The summed E-state index contributed by atoms with van der Waals surface area (Å²) in [4.78, 5) is 39.3. The summed E-state index contributed by atoms with van der Waals surface area (Å²) in [6.45, 7) is 5.01. The highest BCUT2D eigenvalue weighted by Gasteiger charge is 2.37. The number of amides is 4. The standard InChI is InChI=1S/C27H26ClN3O4/c1-3-18(2)19-10-12-20(13-11-19)31-26(33)22(25(32)29-27(31)34)17-21-7-6-14-30(21)15-16-35-24-9-5-4-8-23(24)28/h4-14,17-18H,3,15-16H2,1-2H3,(H,29,32,34)/b22-17-/t18-/m1/s1. The van der Waals surface area contributed by atoms with Gasteiger partial charge in [0.05, 0.1) is 17.3 Å². The van der Waals surface area contributed by atoms with Crippen molar-refractivity contribution in [2.75, 3.05) is 11.5 Å². The molecule has 2 aromatic carbocycles. The Balaban J connectivity index is 1.53. The fourth-order valence-corrected chi connectivity index (χ4v) is 4.00. The molecule has 3 aromatic rings. The summed E-state index contributed by atoms with van der Waals surface area (Å²) in [7, 11) is 0. The minimum atomic E-state index is -0.767. The highest BCUT2D eigenvalue weighted by molar-refractivity contribution is 6.39. The molecule has 0 unspecified atom stereocenters. The van der Waals surface area contributed by atoms with Gasteiger partial charge in [0.2, 0.25) is 0 Å². The molecule has 1 fully saturated rings. The number of hydrogen-bond donors (Lipinski definition) is 1. The van der Waals surface area contributed by atoms with Crippen LogP contribution in [0, 0.1) is 0 Å². The molecule has 0 bridgehead atoms. The number of benzene rings is 2. The summed E-state index contributed by atoms with van der Waals surface area (Å²) >= 11 is 6.13. The van der Waals surface area contributed by atoms with Crippen LogP contribution in [0.2, 0.25) is 5.02 Å². The second-order valence-corrected chi connectivity index (χ2v) is 8.67. The lowest BCUT2D eigenvalue weighted by Crippen LogP contribution is -2.54. The minimum Gasteiger partial charge on any atom is -0.490 e. The molecule has 1 aliphatic rings. The molecule has 8 heteroatoms. The van der Waals surface area contributed by atoms with Gasteiger partial charge in [0.1, 0.15) is 17.9 Å². The van der Waals surface area contributed by atoms with Gasteiger partial charge in [-0.05, 0) is 60.4 Å². The molecule has 1 aliphatic heterocycles. The Hall–Kier alpha value is -3.84. The van der Waals surface area contributed by atoms with Gasteiger partial charge in [-0.2, -0.15) is 0 Å². The molecule has 1 aromatic heterocycles. The highest BCUT2D eigenvalue weighted by Crippen LogP contribution is 2.26. The van der Waals surface area contributed by atoms with Gasteiger partial charge in [0.15, 0.2) is 0 Å². The largest absolute Gasteiger partial charge is 0.490 e. The maximum absolute atomic E-state index is 13.2. The minimum absolute atomic E-state index is 0.123. The van der Waals surface area contributed by atoms with Crippen molar-refractivity contribution >= 4 is 41.2 Å². The number of imide groups is 2. The number of anilines is 1.